The molecule has 0 aliphatic heterocycles. The molecule has 0 bridgehead atoms. The SMILES string of the molecule is Cc1nn(C)cc1CCC(=O)NCC(O)C(C)(C)C. The van der Waals surface area contributed by atoms with Crippen molar-refractivity contribution in [1.29, 1.82) is 0 Å². The van der Waals surface area contributed by atoms with Crippen LogP contribution in [0.15, 0.2) is 6.20 Å². The van der Waals surface area contributed by atoms with E-state index in [1.165, 1.54) is 0 Å². The van der Waals surface area contributed by atoms with Gasteiger partial charge in [-0.1, -0.05) is 20.8 Å². The Morgan fingerprint density at radius 3 is 2.63 bits per heavy atom. The molecule has 0 fully saturated rings. The maximum absolute atomic E-state index is 11.7. The van der Waals surface area contributed by atoms with Crippen LogP contribution in [0.1, 0.15) is 38.4 Å². The van der Waals surface area contributed by atoms with Crippen LogP contribution in [0.3, 0.4) is 0 Å². The topological polar surface area (TPSA) is 67.2 Å². The first-order valence-electron chi connectivity index (χ1n) is 6.64. The lowest BCUT2D eigenvalue weighted by atomic mass is 9.89. The molecule has 0 aromatic carbocycles. The van der Waals surface area contributed by atoms with Crippen molar-refractivity contribution in [3.05, 3.63) is 17.5 Å². The molecule has 1 heterocycles. The largest absolute Gasteiger partial charge is 0.391 e. The van der Waals surface area contributed by atoms with Crippen LogP contribution >= 0.6 is 0 Å². The molecule has 0 spiro atoms. The first-order chi connectivity index (χ1) is 8.70. The van der Waals surface area contributed by atoms with Crippen molar-refractivity contribution in [2.24, 2.45) is 12.5 Å². The van der Waals surface area contributed by atoms with Crippen LogP contribution in [0.25, 0.3) is 0 Å². The van der Waals surface area contributed by atoms with Gasteiger partial charge in [-0.2, -0.15) is 5.10 Å². The van der Waals surface area contributed by atoms with Crippen LogP contribution < -0.4 is 5.32 Å². The summed E-state index contributed by atoms with van der Waals surface area (Å²) in [4.78, 5) is 11.7. The molecular formula is C14H25N3O2. The van der Waals surface area contributed by atoms with E-state index < -0.39 is 6.10 Å². The predicted molar refractivity (Wildman–Crippen MR) is 74.7 cm³/mol. The zero-order chi connectivity index (χ0) is 14.6. The average molecular weight is 267 g/mol. The third kappa shape index (κ3) is 5.03. The highest BCUT2D eigenvalue weighted by Crippen LogP contribution is 2.18. The summed E-state index contributed by atoms with van der Waals surface area (Å²) in [6.45, 7) is 8.08. The Morgan fingerprint density at radius 1 is 1.53 bits per heavy atom. The summed E-state index contributed by atoms with van der Waals surface area (Å²) < 4.78 is 1.76. The van der Waals surface area contributed by atoms with Crippen molar-refractivity contribution >= 4 is 5.91 Å². The van der Waals surface area contributed by atoms with Crippen LogP contribution in [0.5, 0.6) is 0 Å². The minimum Gasteiger partial charge on any atom is -0.391 e. The zero-order valence-corrected chi connectivity index (χ0v) is 12.5. The second-order valence-electron chi connectivity index (χ2n) is 6.10. The molecule has 1 aromatic heterocycles. The highest BCUT2D eigenvalue weighted by Gasteiger charge is 2.22. The van der Waals surface area contributed by atoms with Gasteiger partial charge in [-0.3, -0.25) is 9.48 Å². The third-order valence-corrected chi connectivity index (χ3v) is 3.23. The van der Waals surface area contributed by atoms with E-state index in [-0.39, 0.29) is 11.3 Å². The van der Waals surface area contributed by atoms with Gasteiger partial charge in [-0.15, -0.1) is 0 Å². The highest BCUT2D eigenvalue weighted by molar-refractivity contribution is 5.76. The van der Waals surface area contributed by atoms with E-state index in [0.29, 0.717) is 19.4 Å². The van der Waals surface area contributed by atoms with Gasteiger partial charge in [-0.25, -0.2) is 0 Å². The van der Waals surface area contributed by atoms with Crippen LogP contribution in [0, 0.1) is 12.3 Å². The maximum Gasteiger partial charge on any atom is 0.220 e. The third-order valence-electron chi connectivity index (χ3n) is 3.23. The van der Waals surface area contributed by atoms with E-state index in [0.717, 1.165) is 11.3 Å². The molecule has 108 valence electrons. The van der Waals surface area contributed by atoms with Gasteiger partial charge in [0.1, 0.15) is 0 Å². The van der Waals surface area contributed by atoms with Gasteiger partial charge in [0.25, 0.3) is 0 Å². The Kier molecular flexibility index (Phi) is 5.11. The Labute approximate surface area is 115 Å². The quantitative estimate of drug-likeness (QED) is 0.842. The Bertz CT molecular complexity index is 432. The number of carbonyl (C=O) groups is 1. The highest BCUT2D eigenvalue weighted by atomic mass is 16.3. The number of rotatable bonds is 5. The molecule has 1 rings (SSSR count). The van der Waals surface area contributed by atoms with Gasteiger partial charge >= 0.3 is 0 Å². The number of aromatic nitrogens is 2. The van der Waals surface area contributed by atoms with Gasteiger partial charge in [0, 0.05) is 26.2 Å². The van der Waals surface area contributed by atoms with E-state index >= 15 is 0 Å². The fourth-order valence-corrected chi connectivity index (χ4v) is 1.75. The van der Waals surface area contributed by atoms with Crippen LogP contribution in [-0.4, -0.2) is 33.4 Å². The minimum atomic E-state index is -0.531. The van der Waals surface area contributed by atoms with Crippen molar-refractivity contribution < 1.29 is 9.90 Å². The Balaban J connectivity index is 2.35. The number of nitrogens with one attached hydrogen (secondary N) is 1. The standard InChI is InChI=1S/C14H25N3O2/c1-10-11(9-17(5)16-10)6-7-13(19)15-8-12(18)14(2,3)4/h9,12,18H,6-8H2,1-5H3,(H,15,19). The number of aryl methyl sites for hydroxylation is 3. The summed E-state index contributed by atoms with van der Waals surface area (Å²) >= 11 is 0. The second kappa shape index (κ2) is 6.19. The first-order valence-corrected chi connectivity index (χ1v) is 6.64. The molecule has 1 atom stereocenters. The van der Waals surface area contributed by atoms with Gasteiger partial charge < -0.3 is 10.4 Å². The Hall–Kier alpha value is -1.36. The van der Waals surface area contributed by atoms with E-state index in [2.05, 4.69) is 10.4 Å². The lowest BCUT2D eigenvalue weighted by Crippen LogP contribution is -2.39. The van der Waals surface area contributed by atoms with Crippen LogP contribution in [-0.2, 0) is 18.3 Å². The van der Waals surface area contributed by atoms with Crippen molar-refractivity contribution in [3.63, 3.8) is 0 Å². The number of aliphatic hydroxyl groups excluding tert-OH is 1. The number of amides is 1. The van der Waals surface area contributed by atoms with E-state index in [4.69, 9.17) is 0 Å². The number of hydrogen-bond donors (Lipinski definition) is 2. The minimum absolute atomic E-state index is 0.0356. The fraction of sp³-hybridized carbons (Fsp3) is 0.714. The summed E-state index contributed by atoms with van der Waals surface area (Å²) in [7, 11) is 1.87. The molecular weight excluding hydrogens is 242 g/mol. The molecule has 19 heavy (non-hydrogen) atoms. The molecule has 1 amide bonds. The van der Waals surface area contributed by atoms with Crippen molar-refractivity contribution in [2.75, 3.05) is 6.54 Å². The molecule has 0 radical (unpaired) electrons. The first kappa shape index (κ1) is 15.7. The second-order valence-corrected chi connectivity index (χ2v) is 6.10. The molecule has 1 unspecified atom stereocenters. The number of nitrogens with zero attached hydrogens (tertiary/aromatic N) is 2. The lowest BCUT2D eigenvalue weighted by Gasteiger charge is -2.25. The number of carbonyl (C=O) groups excluding carboxylic acids is 1. The molecule has 0 saturated carbocycles. The van der Waals surface area contributed by atoms with Crippen molar-refractivity contribution in [2.45, 2.75) is 46.6 Å². The van der Waals surface area contributed by atoms with Gasteiger partial charge in [0.15, 0.2) is 0 Å². The molecule has 1 aromatic rings. The molecule has 5 nitrogen and oxygen atoms in total. The van der Waals surface area contributed by atoms with Crippen LogP contribution in [0.4, 0.5) is 0 Å². The van der Waals surface area contributed by atoms with Crippen LogP contribution in [0.2, 0.25) is 0 Å². The molecule has 0 aliphatic rings. The number of hydrogen-bond acceptors (Lipinski definition) is 3. The average Bonchev–Trinajstić information content (AvgIpc) is 2.60. The zero-order valence-electron chi connectivity index (χ0n) is 12.5. The summed E-state index contributed by atoms with van der Waals surface area (Å²) in [6.07, 6.45) is 2.50. The maximum atomic E-state index is 11.7. The van der Waals surface area contributed by atoms with Gasteiger partial charge in [0.05, 0.1) is 11.8 Å². The molecule has 2 N–H and O–H groups in total. The molecule has 0 aliphatic carbocycles. The number of aliphatic hydroxyl groups is 1. The summed E-state index contributed by atoms with van der Waals surface area (Å²) in [5.41, 5.74) is 1.84. The van der Waals surface area contributed by atoms with Gasteiger partial charge in [0.2, 0.25) is 5.91 Å². The van der Waals surface area contributed by atoms with Gasteiger partial charge in [-0.05, 0) is 24.3 Å². The van der Waals surface area contributed by atoms with E-state index in [1.54, 1.807) is 4.68 Å². The Morgan fingerprint density at radius 2 is 2.16 bits per heavy atom. The van der Waals surface area contributed by atoms with E-state index in [9.17, 15) is 9.90 Å². The molecule has 5 heteroatoms. The normalized spacial score (nSPS) is 13.4. The summed E-state index contributed by atoms with van der Waals surface area (Å²) in [5, 5.41) is 16.8. The van der Waals surface area contributed by atoms with Crippen molar-refractivity contribution in [3.8, 4) is 0 Å². The lowest BCUT2D eigenvalue weighted by molar-refractivity contribution is -0.121. The summed E-state index contributed by atoms with van der Waals surface area (Å²) in [6, 6.07) is 0. The predicted octanol–water partition coefficient (Wildman–Crippen LogP) is 1.18. The summed E-state index contributed by atoms with van der Waals surface area (Å²) in [5.74, 6) is -0.0356. The van der Waals surface area contributed by atoms with E-state index in [1.807, 2.05) is 40.9 Å². The smallest absolute Gasteiger partial charge is 0.220 e. The molecule has 0 saturated heterocycles. The monoisotopic (exact) mass is 267 g/mol. The fourth-order valence-electron chi connectivity index (χ4n) is 1.75. The van der Waals surface area contributed by atoms with Crippen molar-refractivity contribution in [1.82, 2.24) is 15.1 Å².